The van der Waals surface area contributed by atoms with Gasteiger partial charge in [0, 0.05) is 16.5 Å². The van der Waals surface area contributed by atoms with Gasteiger partial charge in [0.25, 0.3) is 10.1 Å². The second kappa shape index (κ2) is 9.08. The Hall–Kier alpha value is -4.67. The van der Waals surface area contributed by atoms with Crippen LogP contribution in [0.2, 0.25) is 0 Å². The lowest BCUT2D eigenvalue weighted by molar-refractivity contribution is 0.383. The smallest absolute Gasteiger partial charge is 0.320 e. The molecule has 0 unspecified atom stereocenters. The Morgan fingerprint density at radius 3 is 2.16 bits per heavy atom. The van der Waals surface area contributed by atoms with Crippen LogP contribution in [0.3, 0.4) is 0 Å². The van der Waals surface area contributed by atoms with Crippen LogP contribution in [-0.2, 0) is 20.0 Å². The van der Waals surface area contributed by atoms with Crippen LogP contribution in [-0.4, -0.2) is 51.7 Å². The van der Waals surface area contributed by atoms with E-state index in [-0.39, 0.29) is 38.4 Å². The average Bonchev–Trinajstić information content (AvgIpc) is 2.82. The first-order chi connectivity index (χ1) is 17.3. The molecule has 190 valence electrons. The summed E-state index contributed by atoms with van der Waals surface area (Å²) in [6.07, 6.45) is 0. The molecular formula is C21H16N6O8S2. The number of phenols is 1. The summed E-state index contributed by atoms with van der Waals surface area (Å²) in [5.74, 6) is -1.24. The van der Waals surface area contributed by atoms with Gasteiger partial charge in [0.1, 0.15) is 16.3 Å². The number of azo groups is 1. The van der Waals surface area contributed by atoms with E-state index in [0.29, 0.717) is 5.41 Å². The highest BCUT2D eigenvalue weighted by Gasteiger charge is 2.26. The highest BCUT2D eigenvalue weighted by Crippen LogP contribution is 2.46. The van der Waals surface area contributed by atoms with Crippen molar-refractivity contribution in [3.05, 3.63) is 54.5 Å². The van der Waals surface area contributed by atoms with Crippen molar-refractivity contribution in [3.8, 4) is 29.2 Å². The van der Waals surface area contributed by atoms with Gasteiger partial charge in [-0.25, -0.2) is 8.42 Å². The van der Waals surface area contributed by atoms with Gasteiger partial charge in [-0.05, 0) is 29.7 Å². The molecule has 0 amide bonds. The van der Waals surface area contributed by atoms with Gasteiger partial charge in [0.2, 0.25) is 9.84 Å². The molecule has 4 rings (SSSR count). The number of benzene rings is 3. The molecule has 0 aliphatic carbocycles. The van der Waals surface area contributed by atoms with E-state index in [4.69, 9.17) is 5.73 Å². The third kappa shape index (κ3) is 4.75. The highest BCUT2D eigenvalue weighted by molar-refractivity contribution is 7.94. The zero-order chi connectivity index (χ0) is 27.1. The number of hydrogen-bond donors (Lipinski definition) is 5. The lowest BCUT2D eigenvalue weighted by Crippen LogP contribution is -2.01. The molecule has 4 aromatic rings. The molecule has 0 fully saturated rings. The minimum Gasteiger partial charge on any atom is -0.505 e. The van der Waals surface area contributed by atoms with Crippen molar-refractivity contribution in [1.82, 2.24) is 15.0 Å². The number of aromatic hydroxyl groups is 3. The topological polar surface area (TPSA) is 239 Å². The minimum absolute atomic E-state index is 0.0160. The third-order valence-corrected chi connectivity index (χ3v) is 7.28. The Kier molecular flexibility index (Phi) is 6.24. The summed E-state index contributed by atoms with van der Waals surface area (Å²) < 4.78 is 58.8. The predicted molar refractivity (Wildman–Crippen MR) is 130 cm³/mol. The molecule has 1 aromatic heterocycles. The Labute approximate surface area is 208 Å². The minimum atomic E-state index is -5.00. The number of rotatable bonds is 6. The van der Waals surface area contributed by atoms with Crippen LogP contribution in [0.1, 0.15) is 0 Å². The van der Waals surface area contributed by atoms with Gasteiger partial charge in [0.05, 0.1) is 10.5 Å². The van der Waals surface area contributed by atoms with Crippen LogP contribution >= 0.6 is 0 Å². The molecule has 0 bridgehead atoms. The number of sulfone groups is 1. The summed E-state index contributed by atoms with van der Waals surface area (Å²) in [5.41, 5.74) is 4.85. The summed E-state index contributed by atoms with van der Waals surface area (Å²) in [7, 11) is -8.98. The quantitative estimate of drug-likeness (QED) is 0.134. The molecule has 16 heteroatoms. The fraction of sp³-hybridized carbons (Fsp3) is 0. The van der Waals surface area contributed by atoms with E-state index in [1.807, 2.05) is 0 Å². The molecule has 0 aliphatic rings. The number of anilines is 1. The van der Waals surface area contributed by atoms with Crippen molar-refractivity contribution in [3.63, 3.8) is 0 Å². The average molecular weight is 545 g/mol. The summed E-state index contributed by atoms with van der Waals surface area (Å²) in [6.45, 7) is 3.25. The van der Waals surface area contributed by atoms with Crippen molar-refractivity contribution in [2.45, 2.75) is 9.79 Å². The molecule has 6 N–H and O–H groups in total. The number of nitrogens with two attached hydrogens (primary N) is 1. The van der Waals surface area contributed by atoms with Crippen molar-refractivity contribution in [2.24, 2.45) is 10.2 Å². The molecule has 37 heavy (non-hydrogen) atoms. The molecule has 0 aliphatic heterocycles. The maximum atomic E-state index is 12.3. The van der Waals surface area contributed by atoms with Crippen molar-refractivity contribution in [1.29, 1.82) is 0 Å². The Balaban J connectivity index is 2.07. The van der Waals surface area contributed by atoms with E-state index in [1.165, 1.54) is 36.4 Å². The molecule has 14 nitrogen and oxygen atoms in total. The van der Waals surface area contributed by atoms with Gasteiger partial charge in [-0.1, -0.05) is 24.8 Å². The van der Waals surface area contributed by atoms with Crippen molar-refractivity contribution >= 4 is 47.8 Å². The van der Waals surface area contributed by atoms with Crippen LogP contribution < -0.4 is 5.73 Å². The summed E-state index contributed by atoms with van der Waals surface area (Å²) in [5, 5.41) is 38.6. The number of nitrogens with zero attached hydrogens (tertiary/aromatic N) is 5. The monoisotopic (exact) mass is 544 g/mol. The van der Waals surface area contributed by atoms with E-state index in [9.17, 15) is 36.7 Å². The summed E-state index contributed by atoms with van der Waals surface area (Å²) in [6, 6.07) is 7.19. The number of phenolic OH excluding ortho intramolecular Hbond substituents is 1. The van der Waals surface area contributed by atoms with Crippen molar-refractivity contribution in [2.75, 3.05) is 5.73 Å². The second-order valence-corrected chi connectivity index (χ2v) is 10.6. The van der Waals surface area contributed by atoms with E-state index in [1.54, 1.807) is 0 Å². The van der Waals surface area contributed by atoms with Gasteiger partial charge >= 0.3 is 12.0 Å². The van der Waals surface area contributed by atoms with E-state index in [0.717, 1.165) is 6.07 Å². The zero-order valence-electron chi connectivity index (χ0n) is 18.4. The second-order valence-electron chi connectivity index (χ2n) is 7.31. The first kappa shape index (κ1) is 25.4. The lowest BCUT2D eigenvalue weighted by Gasteiger charge is -2.14. The molecule has 0 saturated carbocycles. The van der Waals surface area contributed by atoms with Gasteiger partial charge in [-0.3, -0.25) is 4.55 Å². The van der Waals surface area contributed by atoms with Crippen LogP contribution in [0.15, 0.2) is 74.5 Å². The molecular weight excluding hydrogens is 528 g/mol. The van der Waals surface area contributed by atoms with Crippen molar-refractivity contribution < 1.29 is 36.7 Å². The number of hydrogen-bond acceptors (Lipinski definition) is 13. The first-order valence-corrected chi connectivity index (χ1v) is 12.9. The van der Waals surface area contributed by atoms with Gasteiger partial charge in [0.15, 0.2) is 11.6 Å². The van der Waals surface area contributed by atoms with Crippen LogP contribution in [0.4, 0.5) is 17.1 Å². The van der Waals surface area contributed by atoms with E-state index in [2.05, 4.69) is 31.8 Å². The Morgan fingerprint density at radius 2 is 1.54 bits per heavy atom. The molecule has 0 spiro atoms. The fourth-order valence-corrected chi connectivity index (χ4v) is 4.93. The zero-order valence-corrected chi connectivity index (χ0v) is 20.0. The summed E-state index contributed by atoms with van der Waals surface area (Å²) >= 11 is 0. The normalized spacial score (nSPS) is 12.2. The molecule has 3 aromatic carbocycles. The Bertz CT molecular complexity index is 1820. The van der Waals surface area contributed by atoms with Gasteiger partial charge < -0.3 is 21.1 Å². The first-order valence-electron chi connectivity index (χ1n) is 9.92. The standard InChI is InChI=1S/C21H16N6O8S2/c1-2-36(31,32)13-6-4-3-5-12(13)26-27-17-14(37(33,34)35)9-10-7-8-11(22)16(15(10)18(17)28)19-23-20(29)25-21(30)24-19/h2-9,28H,1,22H2,(H,33,34,35)(H2,23,24,25,29,30). The Morgan fingerprint density at radius 1 is 0.892 bits per heavy atom. The molecule has 0 saturated heterocycles. The van der Waals surface area contributed by atoms with E-state index < -0.39 is 48.3 Å². The van der Waals surface area contributed by atoms with Crippen LogP contribution in [0, 0.1) is 0 Å². The predicted octanol–water partition coefficient (Wildman–Crippen LogP) is 2.97. The maximum Gasteiger partial charge on any atom is 0.320 e. The molecule has 0 radical (unpaired) electrons. The highest BCUT2D eigenvalue weighted by atomic mass is 32.2. The van der Waals surface area contributed by atoms with Gasteiger partial charge in [-0.2, -0.15) is 18.4 Å². The van der Waals surface area contributed by atoms with E-state index >= 15 is 0 Å². The summed E-state index contributed by atoms with van der Waals surface area (Å²) in [4.78, 5) is 9.44. The van der Waals surface area contributed by atoms with Gasteiger partial charge in [-0.15, -0.1) is 15.2 Å². The fourth-order valence-electron chi connectivity index (χ4n) is 3.43. The number of aromatic nitrogens is 3. The molecule has 0 atom stereocenters. The maximum absolute atomic E-state index is 12.3. The largest absolute Gasteiger partial charge is 0.505 e. The number of fused-ring (bicyclic) bond motifs is 1. The third-order valence-electron chi connectivity index (χ3n) is 5.01. The van der Waals surface area contributed by atoms with Crippen LogP contribution in [0.25, 0.3) is 22.2 Å². The van der Waals surface area contributed by atoms with Crippen LogP contribution in [0.5, 0.6) is 17.8 Å². The molecule has 1 heterocycles. The lowest BCUT2D eigenvalue weighted by atomic mass is 10.00. The SMILES string of the molecule is C=CS(=O)(=O)c1ccccc1N=Nc1c(S(=O)(=O)O)cc2ccc(N)c(-c3nc(O)nc(O)n3)c2c1O. The number of nitrogen functional groups attached to an aromatic ring is 1.